The number of allylic oxidation sites excluding steroid dienone is 1. The van der Waals surface area contributed by atoms with Crippen molar-refractivity contribution in [3.63, 3.8) is 0 Å². The van der Waals surface area contributed by atoms with Crippen LogP contribution in [0.3, 0.4) is 0 Å². The molecule has 2 rings (SSSR count). The molecule has 1 unspecified atom stereocenters. The minimum Gasteiger partial charge on any atom is -0.455 e. The SMILES string of the molecule is CC1=CC(=O)OC(C)c2ccc(C)cc21. The van der Waals surface area contributed by atoms with E-state index >= 15 is 0 Å². The monoisotopic (exact) mass is 202 g/mol. The lowest BCUT2D eigenvalue weighted by molar-refractivity contribution is -0.142. The molecule has 0 amide bonds. The molecular weight excluding hydrogens is 188 g/mol. The van der Waals surface area contributed by atoms with Gasteiger partial charge in [-0.15, -0.1) is 0 Å². The number of carbonyl (C=O) groups excluding carboxylic acids is 1. The van der Waals surface area contributed by atoms with E-state index in [1.807, 2.05) is 32.9 Å². The summed E-state index contributed by atoms with van der Waals surface area (Å²) in [6.07, 6.45) is 1.39. The van der Waals surface area contributed by atoms with Crippen LogP contribution in [0.15, 0.2) is 24.3 Å². The van der Waals surface area contributed by atoms with E-state index in [-0.39, 0.29) is 12.1 Å². The fourth-order valence-electron chi connectivity index (χ4n) is 1.89. The molecule has 1 atom stereocenters. The zero-order valence-electron chi connectivity index (χ0n) is 9.20. The maximum atomic E-state index is 11.4. The summed E-state index contributed by atoms with van der Waals surface area (Å²) >= 11 is 0. The Bertz CT molecular complexity index is 444. The highest BCUT2D eigenvalue weighted by atomic mass is 16.5. The zero-order valence-corrected chi connectivity index (χ0v) is 9.20. The number of fused-ring (bicyclic) bond motifs is 1. The summed E-state index contributed by atoms with van der Waals surface area (Å²) in [7, 11) is 0. The van der Waals surface area contributed by atoms with Crippen LogP contribution >= 0.6 is 0 Å². The van der Waals surface area contributed by atoms with Crippen LogP contribution in [-0.4, -0.2) is 5.97 Å². The third kappa shape index (κ3) is 1.80. The lowest BCUT2D eigenvalue weighted by atomic mass is 9.96. The van der Waals surface area contributed by atoms with E-state index in [0.29, 0.717) is 0 Å². The van der Waals surface area contributed by atoms with Crippen molar-refractivity contribution in [3.8, 4) is 0 Å². The Morgan fingerprint density at radius 3 is 2.73 bits per heavy atom. The summed E-state index contributed by atoms with van der Waals surface area (Å²) in [5.74, 6) is -0.256. The van der Waals surface area contributed by atoms with E-state index in [2.05, 4.69) is 6.07 Å². The Kier molecular flexibility index (Phi) is 2.35. The first-order chi connectivity index (χ1) is 7.08. The number of hydrogen-bond acceptors (Lipinski definition) is 2. The number of benzene rings is 1. The van der Waals surface area contributed by atoms with Gasteiger partial charge in [-0.25, -0.2) is 4.79 Å². The molecule has 0 saturated heterocycles. The van der Waals surface area contributed by atoms with Gasteiger partial charge in [0, 0.05) is 6.08 Å². The number of hydrogen-bond donors (Lipinski definition) is 0. The van der Waals surface area contributed by atoms with Crippen LogP contribution in [0.4, 0.5) is 0 Å². The van der Waals surface area contributed by atoms with E-state index in [9.17, 15) is 4.79 Å². The summed E-state index contributed by atoms with van der Waals surface area (Å²) in [5, 5.41) is 0. The smallest absolute Gasteiger partial charge is 0.331 e. The molecule has 78 valence electrons. The minimum absolute atomic E-state index is 0.165. The van der Waals surface area contributed by atoms with Gasteiger partial charge >= 0.3 is 5.97 Å². The molecule has 2 nitrogen and oxygen atoms in total. The first-order valence-electron chi connectivity index (χ1n) is 5.08. The molecule has 0 aliphatic carbocycles. The van der Waals surface area contributed by atoms with Crippen molar-refractivity contribution in [1.29, 1.82) is 0 Å². The molecule has 0 bridgehead atoms. The van der Waals surface area contributed by atoms with E-state index in [1.54, 1.807) is 6.08 Å². The number of rotatable bonds is 0. The Hall–Kier alpha value is -1.57. The molecular formula is C13H14O2. The van der Waals surface area contributed by atoms with Gasteiger partial charge in [0.2, 0.25) is 0 Å². The van der Waals surface area contributed by atoms with E-state index in [1.165, 1.54) is 5.56 Å². The second-order valence-corrected chi connectivity index (χ2v) is 4.00. The normalized spacial score (nSPS) is 20.1. The lowest BCUT2D eigenvalue weighted by Crippen LogP contribution is -2.04. The Labute approximate surface area is 89.6 Å². The minimum atomic E-state index is -0.256. The van der Waals surface area contributed by atoms with Gasteiger partial charge in [0.25, 0.3) is 0 Å². The number of esters is 1. The molecule has 0 fully saturated rings. The topological polar surface area (TPSA) is 26.3 Å². The lowest BCUT2D eigenvalue weighted by Gasteiger charge is -2.13. The van der Waals surface area contributed by atoms with Gasteiger partial charge in [-0.2, -0.15) is 0 Å². The standard InChI is InChI=1S/C13H14O2/c1-8-4-5-11-10(3)15-13(14)7-9(2)12(11)6-8/h4-7,10H,1-3H3. The Morgan fingerprint density at radius 2 is 2.00 bits per heavy atom. The summed E-state index contributed by atoms with van der Waals surface area (Å²) in [6.45, 7) is 5.89. The largest absolute Gasteiger partial charge is 0.455 e. The van der Waals surface area contributed by atoms with Crippen LogP contribution in [0.5, 0.6) is 0 Å². The number of cyclic esters (lactones) is 1. The average molecular weight is 202 g/mol. The third-order valence-corrected chi connectivity index (χ3v) is 2.70. The van der Waals surface area contributed by atoms with E-state index < -0.39 is 0 Å². The summed E-state index contributed by atoms with van der Waals surface area (Å²) in [6, 6.07) is 6.17. The van der Waals surface area contributed by atoms with Crippen molar-refractivity contribution in [3.05, 3.63) is 41.0 Å². The molecule has 2 heteroatoms. The molecule has 15 heavy (non-hydrogen) atoms. The van der Waals surface area contributed by atoms with Crippen molar-refractivity contribution in [2.45, 2.75) is 26.9 Å². The van der Waals surface area contributed by atoms with E-state index in [4.69, 9.17) is 4.74 Å². The van der Waals surface area contributed by atoms with Crippen molar-refractivity contribution in [2.75, 3.05) is 0 Å². The molecule has 0 N–H and O–H groups in total. The maximum Gasteiger partial charge on any atom is 0.331 e. The number of aryl methyl sites for hydroxylation is 1. The molecule has 1 heterocycles. The highest BCUT2D eigenvalue weighted by Gasteiger charge is 2.19. The molecule has 0 spiro atoms. The third-order valence-electron chi connectivity index (χ3n) is 2.70. The molecule has 1 aromatic carbocycles. The van der Waals surface area contributed by atoms with Crippen molar-refractivity contribution in [1.82, 2.24) is 0 Å². The fraction of sp³-hybridized carbons (Fsp3) is 0.308. The van der Waals surface area contributed by atoms with Gasteiger partial charge in [-0.3, -0.25) is 0 Å². The van der Waals surface area contributed by atoms with Gasteiger partial charge < -0.3 is 4.74 Å². The molecule has 0 radical (unpaired) electrons. The summed E-state index contributed by atoms with van der Waals surface area (Å²) in [5.41, 5.74) is 4.37. The molecule has 0 aromatic heterocycles. The zero-order chi connectivity index (χ0) is 11.0. The van der Waals surface area contributed by atoms with Crippen LogP contribution < -0.4 is 0 Å². The van der Waals surface area contributed by atoms with Crippen LogP contribution in [0.1, 0.15) is 36.6 Å². The van der Waals surface area contributed by atoms with Gasteiger partial charge in [-0.1, -0.05) is 23.8 Å². The van der Waals surface area contributed by atoms with Crippen LogP contribution in [0.25, 0.3) is 5.57 Å². The summed E-state index contributed by atoms with van der Waals surface area (Å²) < 4.78 is 5.23. The second-order valence-electron chi connectivity index (χ2n) is 4.00. The van der Waals surface area contributed by atoms with Gasteiger partial charge in [-0.05, 0) is 37.5 Å². The number of carbonyl (C=O) groups is 1. The summed E-state index contributed by atoms with van der Waals surface area (Å²) in [4.78, 5) is 11.4. The fourth-order valence-corrected chi connectivity index (χ4v) is 1.89. The van der Waals surface area contributed by atoms with Crippen molar-refractivity contribution in [2.24, 2.45) is 0 Å². The maximum absolute atomic E-state index is 11.4. The quantitative estimate of drug-likeness (QED) is 0.604. The molecule has 1 aliphatic heterocycles. The van der Waals surface area contributed by atoms with E-state index in [0.717, 1.165) is 16.7 Å². The predicted octanol–water partition coefficient (Wildman–Crippen LogP) is 3.02. The average Bonchev–Trinajstić information content (AvgIpc) is 2.25. The molecule has 1 aliphatic rings. The highest BCUT2D eigenvalue weighted by molar-refractivity contribution is 5.92. The molecule has 0 saturated carbocycles. The molecule has 1 aromatic rings. The second kappa shape index (κ2) is 3.54. The van der Waals surface area contributed by atoms with Crippen LogP contribution in [-0.2, 0) is 9.53 Å². The highest BCUT2D eigenvalue weighted by Crippen LogP contribution is 2.30. The predicted molar refractivity (Wildman–Crippen MR) is 59.3 cm³/mol. The van der Waals surface area contributed by atoms with Gasteiger partial charge in [0.1, 0.15) is 6.10 Å². The van der Waals surface area contributed by atoms with Crippen LogP contribution in [0, 0.1) is 6.92 Å². The number of ether oxygens (including phenoxy) is 1. The Morgan fingerprint density at radius 1 is 1.27 bits per heavy atom. The van der Waals surface area contributed by atoms with Gasteiger partial charge in [0.05, 0.1) is 0 Å². The van der Waals surface area contributed by atoms with Gasteiger partial charge in [0.15, 0.2) is 0 Å². The van der Waals surface area contributed by atoms with Crippen molar-refractivity contribution >= 4 is 11.5 Å². The van der Waals surface area contributed by atoms with Crippen LogP contribution in [0.2, 0.25) is 0 Å². The van der Waals surface area contributed by atoms with Crippen molar-refractivity contribution < 1.29 is 9.53 Å². The Balaban J connectivity index is 2.62. The first-order valence-corrected chi connectivity index (χ1v) is 5.08. The first kappa shape index (κ1) is 9.97.